The zero-order valence-electron chi connectivity index (χ0n) is 19.4. The summed E-state index contributed by atoms with van der Waals surface area (Å²) >= 11 is 0. The van der Waals surface area contributed by atoms with Crippen LogP contribution in [0.3, 0.4) is 0 Å². The summed E-state index contributed by atoms with van der Waals surface area (Å²) in [5.41, 5.74) is -2.08. The number of nitrogens with one attached hydrogen (secondary N) is 1. The molecule has 0 radical (unpaired) electrons. The van der Waals surface area contributed by atoms with Crippen LogP contribution >= 0.6 is 0 Å². The van der Waals surface area contributed by atoms with E-state index in [4.69, 9.17) is 0 Å². The van der Waals surface area contributed by atoms with Gasteiger partial charge in [0.25, 0.3) is 5.91 Å². The van der Waals surface area contributed by atoms with E-state index in [9.17, 15) is 35.5 Å². The smallest absolute Gasteiger partial charge is 0.304 e. The molecular formula is C25H15F7N6O. The highest BCUT2D eigenvalue weighted by Gasteiger charge is 2.60. The molecule has 0 saturated heterocycles. The van der Waals surface area contributed by atoms with Crippen LogP contribution in [0.25, 0.3) is 16.9 Å². The molecular weight excluding hydrogens is 533 g/mol. The first-order valence-corrected chi connectivity index (χ1v) is 11.1. The van der Waals surface area contributed by atoms with E-state index in [2.05, 4.69) is 20.5 Å². The number of carbonyl (C=O) groups excluding carboxylic acids is 1. The molecule has 1 N–H and O–H groups in total. The van der Waals surface area contributed by atoms with E-state index < -0.39 is 46.7 Å². The summed E-state index contributed by atoms with van der Waals surface area (Å²) in [5, 5.41) is 10.2. The monoisotopic (exact) mass is 548 g/mol. The average molecular weight is 548 g/mol. The zero-order chi connectivity index (χ0) is 27.9. The minimum Gasteiger partial charge on any atom is -0.304 e. The van der Waals surface area contributed by atoms with E-state index >= 15 is 0 Å². The second-order valence-electron chi connectivity index (χ2n) is 8.38. The number of fused-ring (bicyclic) bond motifs is 1. The van der Waals surface area contributed by atoms with Gasteiger partial charge in [0.15, 0.2) is 17.2 Å². The highest BCUT2D eigenvalue weighted by molar-refractivity contribution is 6.03. The molecule has 5 aromatic rings. The Morgan fingerprint density at radius 1 is 0.846 bits per heavy atom. The molecule has 5 rings (SSSR count). The maximum absolute atomic E-state index is 14.5. The molecule has 0 aliphatic heterocycles. The summed E-state index contributed by atoms with van der Waals surface area (Å²) in [5.74, 6) is -7.32. The standard InChI is InChI=1S/C25H15F7N6O/c26-16-5-1-14(2-6-16)13-37-10-9-21(36-37)34-23(39)19-12-22-33-18(15-3-7-17(27)8-4-15)11-20(38(22)35-19)24(28,29)25(30,31)32/h1-12H,13H2,(H,34,36,39). The topological polar surface area (TPSA) is 77.1 Å². The summed E-state index contributed by atoms with van der Waals surface area (Å²) in [6.07, 6.45) is -4.46. The highest BCUT2D eigenvalue weighted by atomic mass is 19.4. The van der Waals surface area contributed by atoms with Gasteiger partial charge in [0, 0.05) is 23.9 Å². The Morgan fingerprint density at radius 3 is 2.13 bits per heavy atom. The third-order valence-corrected chi connectivity index (χ3v) is 5.62. The van der Waals surface area contributed by atoms with Gasteiger partial charge in [0.05, 0.1) is 12.2 Å². The number of amides is 1. The summed E-state index contributed by atoms with van der Waals surface area (Å²) in [6, 6.07) is 12.8. The second-order valence-corrected chi connectivity index (χ2v) is 8.38. The number of hydrogen-bond donors (Lipinski definition) is 1. The number of anilines is 1. The van der Waals surface area contributed by atoms with Gasteiger partial charge in [0.2, 0.25) is 0 Å². The lowest BCUT2D eigenvalue weighted by Gasteiger charge is -2.21. The Bertz CT molecular complexity index is 1660. The Labute approximate surface area is 214 Å². The van der Waals surface area contributed by atoms with Crippen molar-refractivity contribution in [3.8, 4) is 11.3 Å². The minimum absolute atomic E-state index is 0.0416. The molecule has 1 amide bonds. The molecule has 0 saturated carbocycles. The van der Waals surface area contributed by atoms with Crippen molar-refractivity contribution in [3.05, 3.63) is 102 Å². The van der Waals surface area contributed by atoms with Crippen molar-refractivity contribution < 1.29 is 35.5 Å². The quantitative estimate of drug-likeness (QED) is 0.271. The van der Waals surface area contributed by atoms with E-state index in [0.717, 1.165) is 35.9 Å². The molecule has 0 bridgehead atoms. The van der Waals surface area contributed by atoms with Gasteiger partial charge in [-0.05, 0) is 48.0 Å². The van der Waals surface area contributed by atoms with Crippen LogP contribution in [0.4, 0.5) is 36.6 Å². The van der Waals surface area contributed by atoms with Crippen molar-refractivity contribution in [2.24, 2.45) is 0 Å². The predicted molar refractivity (Wildman–Crippen MR) is 124 cm³/mol. The van der Waals surface area contributed by atoms with Crippen LogP contribution in [0, 0.1) is 11.6 Å². The molecule has 3 heterocycles. The lowest BCUT2D eigenvalue weighted by atomic mass is 10.1. The Hall–Kier alpha value is -4.75. The van der Waals surface area contributed by atoms with Crippen molar-refractivity contribution in [2.45, 2.75) is 18.6 Å². The lowest BCUT2D eigenvalue weighted by Crippen LogP contribution is -2.36. The molecule has 0 atom stereocenters. The van der Waals surface area contributed by atoms with E-state index in [1.165, 1.54) is 29.1 Å². The molecule has 0 spiro atoms. The van der Waals surface area contributed by atoms with Crippen LogP contribution in [0.1, 0.15) is 21.7 Å². The van der Waals surface area contributed by atoms with E-state index in [0.29, 0.717) is 6.07 Å². The van der Waals surface area contributed by atoms with Gasteiger partial charge in [-0.2, -0.15) is 32.1 Å². The molecule has 2 aromatic carbocycles. The average Bonchev–Trinajstić information content (AvgIpc) is 3.51. The number of nitrogens with zero attached hydrogens (tertiary/aromatic N) is 5. The maximum Gasteiger partial charge on any atom is 0.459 e. The number of alkyl halides is 5. The van der Waals surface area contributed by atoms with Gasteiger partial charge in [-0.15, -0.1) is 0 Å². The van der Waals surface area contributed by atoms with Crippen LogP contribution in [-0.2, 0) is 12.5 Å². The normalized spacial score (nSPS) is 12.2. The SMILES string of the molecule is O=C(Nc1ccn(Cc2ccc(F)cc2)n1)c1cc2nc(-c3ccc(F)cc3)cc(C(F)(F)C(F)(F)F)n2n1. The first kappa shape index (κ1) is 25.9. The van der Waals surface area contributed by atoms with E-state index in [1.807, 2.05) is 0 Å². The molecule has 7 nitrogen and oxygen atoms in total. The van der Waals surface area contributed by atoms with Crippen molar-refractivity contribution in [2.75, 3.05) is 5.32 Å². The maximum atomic E-state index is 14.5. The summed E-state index contributed by atoms with van der Waals surface area (Å²) in [7, 11) is 0. The molecule has 39 heavy (non-hydrogen) atoms. The zero-order valence-corrected chi connectivity index (χ0v) is 19.4. The third-order valence-electron chi connectivity index (χ3n) is 5.62. The van der Waals surface area contributed by atoms with Gasteiger partial charge in [-0.25, -0.2) is 18.3 Å². The van der Waals surface area contributed by atoms with Crippen LogP contribution in [0.2, 0.25) is 0 Å². The van der Waals surface area contributed by atoms with E-state index in [1.54, 1.807) is 12.1 Å². The molecule has 0 unspecified atom stereocenters. The summed E-state index contributed by atoms with van der Waals surface area (Å²) < 4.78 is 97.0. The van der Waals surface area contributed by atoms with Crippen LogP contribution in [0.15, 0.2) is 72.9 Å². The van der Waals surface area contributed by atoms with Crippen LogP contribution in [-0.4, -0.2) is 36.5 Å². The highest BCUT2D eigenvalue weighted by Crippen LogP contribution is 2.44. The number of halogens is 7. The fourth-order valence-electron chi connectivity index (χ4n) is 3.70. The largest absolute Gasteiger partial charge is 0.459 e. The fraction of sp³-hybridized carbons (Fsp3) is 0.120. The van der Waals surface area contributed by atoms with Crippen LogP contribution in [0.5, 0.6) is 0 Å². The van der Waals surface area contributed by atoms with Gasteiger partial charge < -0.3 is 5.32 Å². The molecule has 14 heteroatoms. The second kappa shape index (κ2) is 9.53. The number of rotatable bonds is 6. The minimum atomic E-state index is -5.98. The molecule has 3 aromatic heterocycles. The summed E-state index contributed by atoms with van der Waals surface area (Å²) in [6.45, 7) is 0.247. The van der Waals surface area contributed by atoms with Crippen LogP contribution < -0.4 is 5.32 Å². The fourth-order valence-corrected chi connectivity index (χ4v) is 3.70. The van der Waals surface area contributed by atoms with Crippen molar-refractivity contribution >= 4 is 17.4 Å². The van der Waals surface area contributed by atoms with Crippen molar-refractivity contribution in [1.29, 1.82) is 0 Å². The summed E-state index contributed by atoms with van der Waals surface area (Å²) in [4.78, 5) is 16.8. The predicted octanol–water partition coefficient (Wildman–Crippen LogP) is 5.83. The molecule has 0 aliphatic rings. The van der Waals surface area contributed by atoms with Gasteiger partial charge in [-0.1, -0.05) is 12.1 Å². The van der Waals surface area contributed by atoms with Gasteiger partial charge in [-0.3, -0.25) is 9.48 Å². The lowest BCUT2D eigenvalue weighted by molar-refractivity contribution is -0.291. The first-order valence-electron chi connectivity index (χ1n) is 11.1. The number of aromatic nitrogens is 5. The third kappa shape index (κ3) is 5.17. The molecule has 200 valence electrons. The van der Waals surface area contributed by atoms with Gasteiger partial charge in [0.1, 0.15) is 17.3 Å². The number of carbonyl (C=O) groups is 1. The number of benzene rings is 2. The van der Waals surface area contributed by atoms with Crippen molar-refractivity contribution in [1.82, 2.24) is 24.4 Å². The molecule has 0 aliphatic carbocycles. The van der Waals surface area contributed by atoms with E-state index in [-0.39, 0.29) is 28.1 Å². The Balaban J connectivity index is 1.47. The Morgan fingerprint density at radius 2 is 1.49 bits per heavy atom. The van der Waals surface area contributed by atoms with Gasteiger partial charge >= 0.3 is 12.1 Å². The van der Waals surface area contributed by atoms with Crippen molar-refractivity contribution in [3.63, 3.8) is 0 Å². The Kier molecular flexibility index (Phi) is 6.32. The first-order chi connectivity index (χ1) is 18.4. The molecule has 0 fully saturated rings. The number of hydrogen-bond acceptors (Lipinski definition) is 4.